The Labute approximate surface area is 172 Å². The summed E-state index contributed by atoms with van der Waals surface area (Å²) in [6.45, 7) is 4.79. The van der Waals surface area contributed by atoms with Crippen LogP contribution in [0.1, 0.15) is 0 Å². The molecule has 1 saturated heterocycles. The largest absolute Gasteiger partial charge is 0.379 e. The van der Waals surface area contributed by atoms with E-state index in [1.54, 1.807) is 21.5 Å². The fourth-order valence-corrected chi connectivity index (χ4v) is 3.87. The molecule has 1 fully saturated rings. The Kier molecular flexibility index (Phi) is 4.79. The summed E-state index contributed by atoms with van der Waals surface area (Å²) < 4.78 is 8.85. The highest BCUT2D eigenvalue weighted by Crippen LogP contribution is 2.26. The topological polar surface area (TPSA) is 64.7 Å². The number of aromatic nitrogens is 4. The Morgan fingerprint density at radius 3 is 2.62 bits per heavy atom. The molecule has 0 saturated carbocycles. The lowest BCUT2D eigenvalue weighted by molar-refractivity contribution is 0.0363. The zero-order valence-electron chi connectivity index (χ0n) is 15.8. The lowest BCUT2D eigenvalue weighted by atomic mass is 10.1. The maximum Gasteiger partial charge on any atom is 0.261 e. The van der Waals surface area contributed by atoms with Gasteiger partial charge in [0.25, 0.3) is 5.56 Å². The van der Waals surface area contributed by atoms with E-state index in [9.17, 15) is 4.79 Å². The Bertz CT molecular complexity index is 1230. The van der Waals surface area contributed by atoms with Crippen LogP contribution in [0.15, 0.2) is 53.7 Å². The highest BCUT2D eigenvalue weighted by Gasteiger charge is 2.14. The van der Waals surface area contributed by atoms with Crippen molar-refractivity contribution in [2.24, 2.45) is 0 Å². The van der Waals surface area contributed by atoms with E-state index >= 15 is 0 Å². The van der Waals surface area contributed by atoms with Crippen LogP contribution in [0.5, 0.6) is 0 Å². The number of nitrogens with zero attached hydrogens (tertiary/aromatic N) is 5. The normalized spacial score (nSPS) is 15.3. The average molecular weight is 410 g/mol. The number of pyridine rings is 1. The minimum absolute atomic E-state index is 0.0475. The van der Waals surface area contributed by atoms with Gasteiger partial charge in [-0.05, 0) is 23.8 Å². The smallest absolute Gasteiger partial charge is 0.261 e. The summed E-state index contributed by atoms with van der Waals surface area (Å²) in [5.41, 5.74) is 3.30. The number of benzene rings is 1. The molecule has 3 aromatic heterocycles. The summed E-state index contributed by atoms with van der Waals surface area (Å²) in [5.74, 6) is 0. The molecule has 0 radical (unpaired) electrons. The second-order valence-electron chi connectivity index (χ2n) is 7.13. The van der Waals surface area contributed by atoms with E-state index in [1.165, 1.54) is 0 Å². The Hall–Kier alpha value is -2.74. The van der Waals surface area contributed by atoms with Crippen LogP contribution < -0.4 is 5.56 Å². The number of fused-ring (bicyclic) bond motifs is 3. The van der Waals surface area contributed by atoms with Gasteiger partial charge in [0.15, 0.2) is 5.65 Å². The van der Waals surface area contributed by atoms with E-state index in [0.717, 1.165) is 49.5 Å². The van der Waals surface area contributed by atoms with Crippen LogP contribution in [0.2, 0.25) is 5.02 Å². The van der Waals surface area contributed by atoms with E-state index in [2.05, 4.69) is 15.0 Å². The van der Waals surface area contributed by atoms with E-state index in [0.29, 0.717) is 22.6 Å². The van der Waals surface area contributed by atoms with Gasteiger partial charge in [0.05, 0.1) is 30.3 Å². The van der Waals surface area contributed by atoms with Crippen molar-refractivity contribution in [3.8, 4) is 11.1 Å². The molecule has 0 amide bonds. The van der Waals surface area contributed by atoms with Crippen molar-refractivity contribution in [3.63, 3.8) is 0 Å². The molecule has 1 aromatic carbocycles. The summed E-state index contributed by atoms with van der Waals surface area (Å²) in [7, 11) is 0. The number of ether oxygens (including phenoxy) is 1. The molecule has 5 rings (SSSR count). The first-order valence-electron chi connectivity index (χ1n) is 9.63. The maximum absolute atomic E-state index is 13.0. The standard InChI is InChI=1S/C21H20ClN5O2/c22-16-3-1-15(2-4-16)17-14-24-27-19-5-6-26(8-7-25-9-11-29-12-10-25)21(28)18(19)13-23-20(17)27/h1-6,13-14H,7-12H2. The number of halogens is 1. The van der Waals surface area contributed by atoms with Gasteiger partial charge >= 0.3 is 0 Å². The maximum atomic E-state index is 13.0. The number of hydrogen-bond donors (Lipinski definition) is 0. The van der Waals surface area contributed by atoms with Gasteiger partial charge in [-0.1, -0.05) is 23.7 Å². The van der Waals surface area contributed by atoms with E-state index in [-0.39, 0.29) is 5.56 Å². The molecule has 4 aromatic rings. The first-order valence-corrected chi connectivity index (χ1v) is 10.0. The molecule has 0 spiro atoms. The summed E-state index contributed by atoms with van der Waals surface area (Å²) in [4.78, 5) is 19.8. The minimum atomic E-state index is -0.0475. The third-order valence-corrected chi connectivity index (χ3v) is 5.64. The summed E-state index contributed by atoms with van der Waals surface area (Å²) >= 11 is 5.99. The summed E-state index contributed by atoms with van der Waals surface area (Å²) in [5, 5.41) is 5.73. The van der Waals surface area contributed by atoms with Crippen molar-refractivity contribution in [1.29, 1.82) is 0 Å². The molecule has 148 valence electrons. The van der Waals surface area contributed by atoms with Crippen LogP contribution in [-0.2, 0) is 11.3 Å². The fraction of sp³-hybridized carbons (Fsp3) is 0.286. The van der Waals surface area contributed by atoms with Crippen molar-refractivity contribution in [2.45, 2.75) is 6.54 Å². The monoisotopic (exact) mass is 409 g/mol. The van der Waals surface area contributed by atoms with Crippen molar-refractivity contribution >= 4 is 28.2 Å². The lowest BCUT2D eigenvalue weighted by Gasteiger charge is -2.26. The Morgan fingerprint density at radius 2 is 1.83 bits per heavy atom. The van der Waals surface area contributed by atoms with Crippen molar-refractivity contribution < 1.29 is 4.74 Å². The molecule has 1 aliphatic heterocycles. The quantitative estimate of drug-likeness (QED) is 0.518. The highest BCUT2D eigenvalue weighted by atomic mass is 35.5. The van der Waals surface area contributed by atoms with Gasteiger partial charge < -0.3 is 9.30 Å². The number of hydrogen-bond acceptors (Lipinski definition) is 5. The molecule has 0 unspecified atom stereocenters. The first kappa shape index (κ1) is 18.3. The molecule has 4 heterocycles. The van der Waals surface area contributed by atoms with Gasteiger partial charge in [-0.25, -0.2) is 9.50 Å². The second kappa shape index (κ2) is 7.59. The van der Waals surface area contributed by atoms with E-state index < -0.39 is 0 Å². The van der Waals surface area contributed by atoms with Crippen molar-refractivity contribution in [2.75, 3.05) is 32.8 Å². The highest BCUT2D eigenvalue weighted by molar-refractivity contribution is 6.30. The van der Waals surface area contributed by atoms with Crippen LogP contribution in [0.4, 0.5) is 0 Å². The number of rotatable bonds is 4. The predicted molar refractivity (Wildman–Crippen MR) is 112 cm³/mol. The Morgan fingerprint density at radius 1 is 1.03 bits per heavy atom. The van der Waals surface area contributed by atoms with E-state index in [4.69, 9.17) is 16.3 Å². The van der Waals surface area contributed by atoms with Gasteiger partial charge in [0, 0.05) is 49.2 Å². The third-order valence-electron chi connectivity index (χ3n) is 5.38. The van der Waals surface area contributed by atoms with E-state index in [1.807, 2.05) is 36.5 Å². The fourth-order valence-electron chi connectivity index (χ4n) is 3.74. The number of morpholine rings is 1. The predicted octanol–water partition coefficient (Wildman–Crippen LogP) is 2.70. The van der Waals surface area contributed by atoms with Gasteiger partial charge in [0.2, 0.25) is 0 Å². The molecule has 0 bridgehead atoms. The minimum Gasteiger partial charge on any atom is -0.379 e. The third kappa shape index (κ3) is 3.42. The van der Waals surface area contributed by atoms with Crippen molar-refractivity contribution in [1.82, 2.24) is 24.1 Å². The van der Waals surface area contributed by atoms with Crippen LogP contribution in [0.25, 0.3) is 27.7 Å². The molecule has 1 aliphatic rings. The zero-order valence-corrected chi connectivity index (χ0v) is 16.5. The molecular weight excluding hydrogens is 390 g/mol. The van der Waals surface area contributed by atoms with Gasteiger partial charge in [0.1, 0.15) is 0 Å². The molecule has 7 nitrogen and oxygen atoms in total. The molecule has 0 atom stereocenters. The van der Waals surface area contributed by atoms with Crippen LogP contribution in [0.3, 0.4) is 0 Å². The van der Waals surface area contributed by atoms with Crippen LogP contribution in [-0.4, -0.2) is 56.9 Å². The molecule has 29 heavy (non-hydrogen) atoms. The molecular formula is C21H20ClN5O2. The summed E-state index contributed by atoms with van der Waals surface area (Å²) in [6.07, 6.45) is 5.27. The average Bonchev–Trinajstić information content (AvgIpc) is 3.19. The second-order valence-corrected chi connectivity index (χ2v) is 7.56. The molecule has 8 heteroatoms. The van der Waals surface area contributed by atoms with Gasteiger partial charge in [-0.3, -0.25) is 9.69 Å². The molecule has 0 aliphatic carbocycles. The van der Waals surface area contributed by atoms with Crippen molar-refractivity contribution in [3.05, 3.63) is 64.3 Å². The van der Waals surface area contributed by atoms with Gasteiger partial charge in [-0.15, -0.1) is 0 Å². The zero-order chi connectivity index (χ0) is 19.8. The van der Waals surface area contributed by atoms with Crippen LogP contribution >= 0.6 is 11.6 Å². The van der Waals surface area contributed by atoms with Crippen LogP contribution in [0, 0.1) is 0 Å². The van der Waals surface area contributed by atoms with Gasteiger partial charge in [-0.2, -0.15) is 5.10 Å². The first-order chi connectivity index (χ1) is 14.2. The summed E-state index contributed by atoms with van der Waals surface area (Å²) in [6, 6.07) is 9.50. The lowest BCUT2D eigenvalue weighted by Crippen LogP contribution is -2.39. The SMILES string of the molecule is O=c1c2cnc3c(-c4ccc(Cl)cc4)cnn3c2ccn1CCN1CCOCC1. The Balaban J connectivity index is 1.50. The molecule has 0 N–H and O–H groups in total.